The summed E-state index contributed by atoms with van der Waals surface area (Å²) in [7, 11) is 0. The molecule has 112 valence electrons. The van der Waals surface area contributed by atoms with Crippen LogP contribution in [0.4, 0.5) is 18.3 Å². The van der Waals surface area contributed by atoms with E-state index in [-0.39, 0.29) is 17.5 Å². The van der Waals surface area contributed by atoms with Crippen molar-refractivity contribution in [1.29, 1.82) is 0 Å². The lowest BCUT2D eigenvalue weighted by atomic mass is 9.98. The molecule has 1 amide bonds. The fourth-order valence-electron chi connectivity index (χ4n) is 1.74. The van der Waals surface area contributed by atoms with Crippen LogP contribution in [-0.2, 0) is 11.0 Å². The number of carbonyl (C=O) groups is 1. The Hall–Kier alpha value is -1.96. The zero-order valence-corrected chi connectivity index (χ0v) is 11.8. The molecule has 0 radical (unpaired) electrons. The van der Waals surface area contributed by atoms with Gasteiger partial charge in [0, 0.05) is 6.42 Å². The zero-order chi connectivity index (χ0) is 15.5. The van der Waals surface area contributed by atoms with Gasteiger partial charge >= 0.3 is 6.18 Å². The summed E-state index contributed by atoms with van der Waals surface area (Å²) in [5, 5.41) is 7.45. The quantitative estimate of drug-likeness (QED) is 0.936. The van der Waals surface area contributed by atoms with E-state index >= 15 is 0 Å². The maximum atomic E-state index is 12.4. The normalized spacial score (nSPS) is 13.0. The molecule has 0 bridgehead atoms. The van der Waals surface area contributed by atoms with Crippen LogP contribution < -0.4 is 5.32 Å². The van der Waals surface area contributed by atoms with Gasteiger partial charge in [-0.3, -0.25) is 4.79 Å². The summed E-state index contributed by atoms with van der Waals surface area (Å²) in [4.78, 5) is 11.8. The van der Waals surface area contributed by atoms with E-state index in [9.17, 15) is 18.0 Å². The van der Waals surface area contributed by atoms with Crippen LogP contribution >= 0.6 is 11.3 Å². The van der Waals surface area contributed by atoms with Gasteiger partial charge in [-0.25, -0.2) is 0 Å². The molecular formula is C13H12F3N3OS. The molecule has 0 unspecified atom stereocenters. The van der Waals surface area contributed by atoms with Gasteiger partial charge in [-0.05, 0) is 11.5 Å². The highest BCUT2D eigenvalue weighted by Gasteiger charge is 2.35. The Balaban J connectivity index is 1.94. The predicted molar refractivity (Wildman–Crippen MR) is 73.0 cm³/mol. The number of anilines is 1. The van der Waals surface area contributed by atoms with Crippen LogP contribution in [0.1, 0.15) is 29.8 Å². The smallest absolute Gasteiger partial charge is 0.301 e. The van der Waals surface area contributed by atoms with Crippen LogP contribution in [0.5, 0.6) is 0 Å². The van der Waals surface area contributed by atoms with Crippen LogP contribution in [0.3, 0.4) is 0 Å². The summed E-state index contributed by atoms with van der Waals surface area (Å²) in [6, 6.07) is 9.39. The van der Waals surface area contributed by atoms with Crippen molar-refractivity contribution in [3.63, 3.8) is 0 Å². The Labute approximate surface area is 123 Å². The first-order chi connectivity index (χ1) is 9.86. The first kappa shape index (κ1) is 15.4. The van der Waals surface area contributed by atoms with E-state index in [2.05, 4.69) is 15.5 Å². The van der Waals surface area contributed by atoms with Crippen molar-refractivity contribution in [2.24, 2.45) is 0 Å². The summed E-state index contributed by atoms with van der Waals surface area (Å²) in [5.74, 6) is -0.433. The van der Waals surface area contributed by atoms with Crippen LogP contribution in [-0.4, -0.2) is 16.1 Å². The molecule has 0 saturated heterocycles. The number of nitrogens with zero attached hydrogens (tertiary/aromatic N) is 2. The third-order valence-corrected chi connectivity index (χ3v) is 3.66. The fourth-order valence-corrected chi connectivity index (χ4v) is 2.36. The number of nitrogens with one attached hydrogen (secondary N) is 1. The molecule has 0 fully saturated rings. The summed E-state index contributed by atoms with van der Waals surface area (Å²) >= 11 is 0.312. The molecular weight excluding hydrogens is 303 g/mol. The lowest BCUT2D eigenvalue weighted by Crippen LogP contribution is -2.14. The van der Waals surface area contributed by atoms with Gasteiger partial charge in [-0.15, -0.1) is 10.2 Å². The predicted octanol–water partition coefficient (Wildman–Crippen LogP) is 3.69. The van der Waals surface area contributed by atoms with Gasteiger partial charge in [0.25, 0.3) is 0 Å². The lowest BCUT2D eigenvalue weighted by Gasteiger charge is -2.10. The molecule has 1 atom stereocenters. The molecule has 2 aromatic rings. The molecule has 0 aliphatic rings. The molecule has 0 saturated carbocycles. The second-order valence-corrected chi connectivity index (χ2v) is 5.45. The first-order valence-electron chi connectivity index (χ1n) is 6.12. The molecule has 0 aliphatic carbocycles. The Bertz CT molecular complexity index is 613. The SMILES string of the molecule is C[C@@H](CC(=O)Nc1nnc(C(F)(F)F)s1)c1ccccc1. The molecule has 1 aromatic heterocycles. The summed E-state index contributed by atoms with van der Waals surface area (Å²) < 4.78 is 37.1. The highest BCUT2D eigenvalue weighted by Crippen LogP contribution is 2.33. The van der Waals surface area contributed by atoms with E-state index in [0.717, 1.165) is 5.56 Å². The number of carbonyl (C=O) groups excluding carboxylic acids is 1. The van der Waals surface area contributed by atoms with E-state index in [1.165, 1.54) is 0 Å². The monoisotopic (exact) mass is 315 g/mol. The van der Waals surface area contributed by atoms with E-state index in [4.69, 9.17) is 0 Å². The number of benzene rings is 1. The maximum absolute atomic E-state index is 12.4. The number of alkyl halides is 3. The molecule has 0 spiro atoms. The fraction of sp³-hybridized carbons (Fsp3) is 0.308. The Morgan fingerprint density at radius 3 is 2.52 bits per heavy atom. The summed E-state index contributed by atoms with van der Waals surface area (Å²) in [6.07, 6.45) is -4.39. The van der Waals surface area contributed by atoms with Crippen LogP contribution in [0, 0.1) is 0 Å². The zero-order valence-electron chi connectivity index (χ0n) is 11.0. The van der Waals surface area contributed by atoms with Gasteiger partial charge in [0.2, 0.25) is 16.0 Å². The Kier molecular flexibility index (Phi) is 4.56. The largest absolute Gasteiger partial charge is 0.445 e. The second kappa shape index (κ2) is 6.21. The summed E-state index contributed by atoms with van der Waals surface area (Å²) in [5.41, 5.74) is 0.987. The van der Waals surface area contributed by atoms with Crippen molar-refractivity contribution in [3.8, 4) is 0 Å². The Morgan fingerprint density at radius 2 is 1.95 bits per heavy atom. The Morgan fingerprint density at radius 1 is 1.29 bits per heavy atom. The minimum Gasteiger partial charge on any atom is -0.301 e. The number of rotatable bonds is 4. The second-order valence-electron chi connectivity index (χ2n) is 4.47. The average Bonchev–Trinajstić information content (AvgIpc) is 2.88. The van der Waals surface area contributed by atoms with Gasteiger partial charge in [0.05, 0.1) is 0 Å². The van der Waals surface area contributed by atoms with Crippen LogP contribution in [0.15, 0.2) is 30.3 Å². The molecule has 2 rings (SSSR count). The van der Waals surface area contributed by atoms with Crippen molar-refractivity contribution in [3.05, 3.63) is 40.9 Å². The highest BCUT2D eigenvalue weighted by molar-refractivity contribution is 7.15. The molecule has 0 aliphatic heterocycles. The number of halogens is 3. The number of hydrogen-bond donors (Lipinski definition) is 1. The van der Waals surface area contributed by atoms with Crippen molar-refractivity contribution < 1.29 is 18.0 Å². The molecule has 1 aromatic carbocycles. The van der Waals surface area contributed by atoms with Gasteiger partial charge in [0.15, 0.2) is 0 Å². The van der Waals surface area contributed by atoms with Crippen molar-refractivity contribution >= 4 is 22.4 Å². The molecule has 1 N–H and O–H groups in total. The lowest BCUT2D eigenvalue weighted by molar-refractivity contribution is -0.138. The van der Waals surface area contributed by atoms with Crippen molar-refractivity contribution in [2.45, 2.75) is 25.4 Å². The van der Waals surface area contributed by atoms with Gasteiger partial charge in [-0.1, -0.05) is 48.6 Å². The van der Waals surface area contributed by atoms with E-state index < -0.39 is 17.1 Å². The summed E-state index contributed by atoms with van der Waals surface area (Å²) in [6.45, 7) is 1.87. The third kappa shape index (κ3) is 4.25. The molecule has 8 heteroatoms. The van der Waals surface area contributed by atoms with Gasteiger partial charge < -0.3 is 5.32 Å². The van der Waals surface area contributed by atoms with Gasteiger partial charge in [0.1, 0.15) is 0 Å². The molecule has 21 heavy (non-hydrogen) atoms. The van der Waals surface area contributed by atoms with Crippen molar-refractivity contribution in [1.82, 2.24) is 10.2 Å². The average molecular weight is 315 g/mol. The van der Waals surface area contributed by atoms with E-state index in [1.807, 2.05) is 37.3 Å². The number of aromatic nitrogens is 2. The van der Waals surface area contributed by atoms with Crippen LogP contribution in [0.2, 0.25) is 0 Å². The van der Waals surface area contributed by atoms with E-state index in [1.54, 1.807) is 0 Å². The third-order valence-electron chi connectivity index (χ3n) is 2.77. The highest BCUT2D eigenvalue weighted by atomic mass is 32.1. The maximum Gasteiger partial charge on any atom is 0.445 e. The standard InChI is InChI=1S/C13H12F3N3OS/c1-8(9-5-3-2-4-6-9)7-10(20)17-12-19-18-11(21-12)13(14,15)16/h2-6,8H,7H2,1H3,(H,17,19,20)/t8-/m0/s1. The van der Waals surface area contributed by atoms with Crippen LogP contribution in [0.25, 0.3) is 0 Å². The number of hydrogen-bond acceptors (Lipinski definition) is 4. The van der Waals surface area contributed by atoms with Crippen molar-refractivity contribution in [2.75, 3.05) is 5.32 Å². The first-order valence-corrected chi connectivity index (χ1v) is 6.93. The van der Waals surface area contributed by atoms with E-state index in [0.29, 0.717) is 11.3 Å². The topological polar surface area (TPSA) is 54.9 Å². The molecule has 4 nitrogen and oxygen atoms in total. The number of amides is 1. The minimum absolute atomic E-state index is 0.0405. The minimum atomic E-state index is -4.54. The van der Waals surface area contributed by atoms with Gasteiger partial charge in [-0.2, -0.15) is 13.2 Å². The molecule has 1 heterocycles.